The Bertz CT molecular complexity index is 117. The first-order valence-electron chi connectivity index (χ1n) is 3.57. The third-order valence-electron chi connectivity index (χ3n) is 1.14. The molecule has 0 heterocycles. The minimum absolute atomic E-state index is 0.276. The Morgan fingerprint density at radius 2 is 2.09 bits per heavy atom. The lowest BCUT2D eigenvalue weighted by atomic mass is 10.5. The molecule has 3 nitrogen and oxygen atoms in total. The Kier molecular flexibility index (Phi) is 6.36. The van der Waals surface area contributed by atoms with Crippen molar-refractivity contribution in [2.45, 2.75) is 6.42 Å². The molecule has 0 aromatic heterocycles. The van der Waals surface area contributed by atoms with E-state index >= 15 is 0 Å². The average Bonchev–Trinajstić information content (AvgIpc) is 1.85. The highest BCUT2D eigenvalue weighted by Crippen LogP contribution is 2.01. The Morgan fingerprint density at radius 3 is 2.55 bits per heavy atom. The summed E-state index contributed by atoms with van der Waals surface area (Å²) in [5, 5.41) is 8.30. The van der Waals surface area contributed by atoms with E-state index in [0.717, 1.165) is 18.1 Å². The summed E-state index contributed by atoms with van der Waals surface area (Å²) in [6.45, 7) is 1.02. The summed E-state index contributed by atoms with van der Waals surface area (Å²) in [4.78, 5) is 12.2. The second-order valence-electron chi connectivity index (χ2n) is 2.56. The molecule has 0 aromatic carbocycles. The summed E-state index contributed by atoms with van der Waals surface area (Å²) in [5.41, 5.74) is 0. The van der Waals surface area contributed by atoms with E-state index in [2.05, 4.69) is 4.90 Å². The zero-order valence-electron chi connectivity index (χ0n) is 7.04. The van der Waals surface area contributed by atoms with Gasteiger partial charge in [0.2, 0.25) is 0 Å². The van der Waals surface area contributed by atoms with Crippen molar-refractivity contribution >= 4 is 17.7 Å². The van der Waals surface area contributed by atoms with Crippen molar-refractivity contribution in [3.63, 3.8) is 0 Å². The van der Waals surface area contributed by atoms with E-state index in [1.165, 1.54) is 0 Å². The smallest absolute Gasteiger partial charge is 0.304 e. The molecule has 0 aliphatic carbocycles. The fraction of sp³-hybridized carbons (Fsp3) is 0.857. The number of hydrogen-bond acceptors (Lipinski definition) is 3. The van der Waals surface area contributed by atoms with Gasteiger partial charge in [-0.2, -0.15) is 11.8 Å². The van der Waals surface area contributed by atoms with Crippen LogP contribution in [0.2, 0.25) is 0 Å². The first-order chi connectivity index (χ1) is 5.13. The van der Waals surface area contributed by atoms with Gasteiger partial charge < -0.3 is 10.0 Å². The van der Waals surface area contributed by atoms with E-state index in [1.54, 1.807) is 11.8 Å². The molecule has 4 heteroatoms. The van der Waals surface area contributed by atoms with E-state index in [0.29, 0.717) is 0 Å². The first kappa shape index (κ1) is 10.8. The van der Waals surface area contributed by atoms with Crippen molar-refractivity contribution in [3.05, 3.63) is 0 Å². The Hall–Kier alpha value is -0.220. The standard InChI is InChI=1S/C7H15NO2S/c1-8(2)4-6-11-5-3-7(9)10/h3-6H2,1-2H3,(H,9,10). The quantitative estimate of drug-likeness (QED) is 0.608. The van der Waals surface area contributed by atoms with Crippen molar-refractivity contribution in [2.24, 2.45) is 0 Å². The van der Waals surface area contributed by atoms with E-state index in [4.69, 9.17) is 5.11 Å². The molecule has 0 fully saturated rings. The Morgan fingerprint density at radius 1 is 1.45 bits per heavy atom. The van der Waals surface area contributed by atoms with Gasteiger partial charge in [-0.15, -0.1) is 0 Å². The fourth-order valence-corrected chi connectivity index (χ4v) is 1.53. The van der Waals surface area contributed by atoms with Crippen molar-refractivity contribution < 1.29 is 9.90 Å². The molecule has 0 aliphatic rings. The first-order valence-corrected chi connectivity index (χ1v) is 4.72. The van der Waals surface area contributed by atoms with Crippen LogP contribution >= 0.6 is 11.8 Å². The molecule has 0 radical (unpaired) electrons. The fourth-order valence-electron chi connectivity index (χ4n) is 0.509. The van der Waals surface area contributed by atoms with Crippen LogP contribution in [0.4, 0.5) is 0 Å². The van der Waals surface area contributed by atoms with Gasteiger partial charge in [0.05, 0.1) is 6.42 Å². The van der Waals surface area contributed by atoms with Crippen molar-refractivity contribution in [1.82, 2.24) is 4.90 Å². The second kappa shape index (κ2) is 6.49. The van der Waals surface area contributed by atoms with Crippen molar-refractivity contribution in [2.75, 3.05) is 32.1 Å². The molecule has 0 unspecified atom stereocenters. The molecule has 0 saturated carbocycles. The lowest BCUT2D eigenvalue weighted by Crippen LogP contribution is -2.15. The van der Waals surface area contributed by atoms with Crippen LogP contribution in [-0.2, 0) is 4.79 Å². The van der Waals surface area contributed by atoms with Gasteiger partial charge >= 0.3 is 5.97 Å². The van der Waals surface area contributed by atoms with Crippen molar-refractivity contribution in [3.8, 4) is 0 Å². The van der Waals surface area contributed by atoms with Crippen LogP contribution in [0.1, 0.15) is 6.42 Å². The lowest BCUT2D eigenvalue weighted by molar-refractivity contribution is -0.136. The highest BCUT2D eigenvalue weighted by molar-refractivity contribution is 7.99. The molecule has 0 aromatic rings. The SMILES string of the molecule is CN(C)CCSCCC(=O)O. The highest BCUT2D eigenvalue weighted by Gasteiger charge is 1.96. The largest absolute Gasteiger partial charge is 0.481 e. The zero-order chi connectivity index (χ0) is 8.69. The molecule has 0 rings (SSSR count). The van der Waals surface area contributed by atoms with E-state index < -0.39 is 5.97 Å². The predicted octanol–water partition coefficient (Wildman–Crippen LogP) is 0.756. The zero-order valence-corrected chi connectivity index (χ0v) is 7.86. The van der Waals surface area contributed by atoms with Gasteiger partial charge in [0.15, 0.2) is 0 Å². The minimum Gasteiger partial charge on any atom is -0.481 e. The van der Waals surface area contributed by atoms with Crippen LogP contribution < -0.4 is 0 Å². The number of thioether (sulfide) groups is 1. The Labute approximate surface area is 71.8 Å². The summed E-state index contributed by atoms with van der Waals surface area (Å²) < 4.78 is 0. The van der Waals surface area contributed by atoms with Gasteiger partial charge in [0.25, 0.3) is 0 Å². The summed E-state index contributed by atoms with van der Waals surface area (Å²) in [7, 11) is 4.02. The van der Waals surface area contributed by atoms with Gasteiger partial charge in [-0.1, -0.05) is 0 Å². The van der Waals surface area contributed by atoms with Crippen LogP contribution in [0.3, 0.4) is 0 Å². The number of hydrogen-bond donors (Lipinski definition) is 1. The minimum atomic E-state index is -0.706. The van der Waals surface area contributed by atoms with E-state index in [9.17, 15) is 4.79 Å². The number of carbonyl (C=O) groups is 1. The number of aliphatic carboxylic acids is 1. The molecular formula is C7H15NO2S. The van der Waals surface area contributed by atoms with Gasteiger partial charge in [0.1, 0.15) is 0 Å². The third-order valence-corrected chi connectivity index (χ3v) is 2.11. The number of rotatable bonds is 6. The third kappa shape index (κ3) is 9.78. The molecule has 11 heavy (non-hydrogen) atoms. The predicted molar refractivity (Wildman–Crippen MR) is 48.1 cm³/mol. The molecule has 0 saturated heterocycles. The van der Waals surface area contributed by atoms with Crippen molar-refractivity contribution in [1.29, 1.82) is 0 Å². The van der Waals surface area contributed by atoms with Gasteiger partial charge in [-0.25, -0.2) is 0 Å². The molecule has 1 N–H and O–H groups in total. The summed E-state index contributed by atoms with van der Waals surface area (Å²) in [5.74, 6) is 1.03. The Balaban J connectivity index is 2.97. The van der Waals surface area contributed by atoms with E-state index in [1.807, 2.05) is 14.1 Å². The maximum atomic E-state index is 10.1. The molecular weight excluding hydrogens is 162 g/mol. The van der Waals surface area contributed by atoms with Gasteiger partial charge in [0, 0.05) is 18.1 Å². The summed E-state index contributed by atoms with van der Waals surface area (Å²) in [6.07, 6.45) is 0.276. The maximum absolute atomic E-state index is 10.1. The number of carboxylic acid groups (broad SMARTS) is 1. The number of carboxylic acids is 1. The summed E-state index contributed by atoms with van der Waals surface area (Å²) in [6, 6.07) is 0. The van der Waals surface area contributed by atoms with Crippen LogP contribution in [-0.4, -0.2) is 48.1 Å². The molecule has 0 bridgehead atoms. The van der Waals surface area contributed by atoms with Gasteiger partial charge in [-0.05, 0) is 14.1 Å². The molecule has 0 atom stereocenters. The molecule has 0 spiro atoms. The van der Waals surface area contributed by atoms with Crippen LogP contribution in [0.5, 0.6) is 0 Å². The average molecular weight is 177 g/mol. The molecule has 66 valence electrons. The summed E-state index contributed by atoms with van der Waals surface area (Å²) >= 11 is 1.69. The maximum Gasteiger partial charge on any atom is 0.304 e. The topological polar surface area (TPSA) is 40.5 Å². The molecule has 0 aliphatic heterocycles. The number of nitrogens with zero attached hydrogens (tertiary/aromatic N) is 1. The molecule has 0 amide bonds. The van der Waals surface area contributed by atoms with E-state index in [-0.39, 0.29) is 6.42 Å². The second-order valence-corrected chi connectivity index (χ2v) is 3.78. The monoisotopic (exact) mass is 177 g/mol. The highest BCUT2D eigenvalue weighted by atomic mass is 32.2. The van der Waals surface area contributed by atoms with Gasteiger partial charge in [-0.3, -0.25) is 4.79 Å². The van der Waals surface area contributed by atoms with Crippen LogP contribution in [0, 0.1) is 0 Å². The normalized spacial score (nSPS) is 10.5. The van der Waals surface area contributed by atoms with Crippen LogP contribution in [0.25, 0.3) is 0 Å². The lowest BCUT2D eigenvalue weighted by Gasteiger charge is -2.07. The van der Waals surface area contributed by atoms with Crippen LogP contribution in [0.15, 0.2) is 0 Å².